The van der Waals surface area contributed by atoms with E-state index in [4.69, 9.17) is 5.11 Å². The summed E-state index contributed by atoms with van der Waals surface area (Å²) in [5, 5.41) is 8.29. The normalized spacial score (nSPS) is 9.79. The molecule has 0 unspecified atom stereocenters. The number of rotatable bonds is 6. The summed E-state index contributed by atoms with van der Waals surface area (Å²) in [6.45, 7) is 2.17. The summed E-state index contributed by atoms with van der Waals surface area (Å²) in [4.78, 5) is 10.1. The Bertz CT molecular complexity index is 230. The van der Waals surface area contributed by atoms with Gasteiger partial charge in [0.25, 0.3) is 0 Å². The molecule has 0 heterocycles. The lowest BCUT2D eigenvalue weighted by Gasteiger charge is -1.88. The number of allylic oxidation sites excluding steroid dienone is 1. The Kier molecular flexibility index (Phi) is 8.99. The molecule has 0 spiro atoms. The van der Waals surface area contributed by atoms with Crippen LogP contribution in [0.3, 0.4) is 0 Å². The summed E-state index contributed by atoms with van der Waals surface area (Å²) in [5.74, 6) is 5.21. The standard InChI is InChI=1S/C12H18O2/c1-2-3-4-5-6-7-8-9-10-11-12(13)14/h10-11H,2-5,8-9H2,1H3,(H,13,14)/b11-10+. The predicted molar refractivity (Wildman–Crippen MR) is 57.9 cm³/mol. The molecule has 0 radical (unpaired) electrons. The Balaban J connectivity index is 3.30. The highest BCUT2D eigenvalue weighted by Crippen LogP contribution is 1.97. The minimum Gasteiger partial charge on any atom is -0.478 e. The molecule has 0 saturated carbocycles. The molecule has 0 saturated heterocycles. The number of hydrogen-bond donors (Lipinski definition) is 1. The first-order chi connectivity index (χ1) is 6.77. The fourth-order valence-electron chi connectivity index (χ4n) is 0.980. The quantitative estimate of drug-likeness (QED) is 0.401. The van der Waals surface area contributed by atoms with Crippen molar-refractivity contribution in [3.05, 3.63) is 12.2 Å². The maximum Gasteiger partial charge on any atom is 0.327 e. The van der Waals surface area contributed by atoms with Crippen molar-refractivity contribution in [2.24, 2.45) is 0 Å². The van der Waals surface area contributed by atoms with Crippen molar-refractivity contribution in [2.75, 3.05) is 0 Å². The number of aliphatic carboxylic acids is 1. The van der Waals surface area contributed by atoms with Gasteiger partial charge in [-0.1, -0.05) is 25.8 Å². The number of carboxylic acids is 1. The van der Waals surface area contributed by atoms with Crippen molar-refractivity contribution in [1.82, 2.24) is 0 Å². The van der Waals surface area contributed by atoms with E-state index in [9.17, 15) is 4.79 Å². The fourth-order valence-corrected chi connectivity index (χ4v) is 0.980. The van der Waals surface area contributed by atoms with Crippen LogP contribution in [-0.2, 0) is 4.79 Å². The average Bonchev–Trinajstić information content (AvgIpc) is 2.15. The van der Waals surface area contributed by atoms with Crippen LogP contribution in [0.4, 0.5) is 0 Å². The van der Waals surface area contributed by atoms with Crippen LogP contribution in [0.1, 0.15) is 45.4 Å². The van der Waals surface area contributed by atoms with Gasteiger partial charge in [-0.25, -0.2) is 4.79 Å². The zero-order valence-electron chi connectivity index (χ0n) is 8.75. The van der Waals surface area contributed by atoms with E-state index in [0.29, 0.717) is 0 Å². The third-order valence-corrected chi connectivity index (χ3v) is 1.73. The molecule has 0 aliphatic heterocycles. The van der Waals surface area contributed by atoms with Crippen molar-refractivity contribution in [3.8, 4) is 11.8 Å². The molecule has 2 heteroatoms. The molecular formula is C12H18O2. The minimum absolute atomic E-state index is 0.729. The van der Waals surface area contributed by atoms with E-state index in [-0.39, 0.29) is 0 Å². The van der Waals surface area contributed by atoms with Crippen molar-refractivity contribution < 1.29 is 9.90 Å². The van der Waals surface area contributed by atoms with Gasteiger partial charge in [0.1, 0.15) is 0 Å². The lowest BCUT2D eigenvalue weighted by Crippen LogP contribution is -1.85. The number of carbonyl (C=O) groups is 1. The Labute approximate surface area is 86.0 Å². The summed E-state index contributed by atoms with van der Waals surface area (Å²) in [6, 6.07) is 0. The van der Waals surface area contributed by atoms with Crippen LogP contribution in [0.5, 0.6) is 0 Å². The molecule has 0 bridgehead atoms. The Morgan fingerprint density at radius 3 is 2.64 bits per heavy atom. The van der Waals surface area contributed by atoms with E-state index in [1.54, 1.807) is 6.08 Å². The van der Waals surface area contributed by atoms with Gasteiger partial charge in [-0.15, -0.1) is 11.8 Å². The van der Waals surface area contributed by atoms with Crippen molar-refractivity contribution in [1.29, 1.82) is 0 Å². The van der Waals surface area contributed by atoms with Gasteiger partial charge in [-0.3, -0.25) is 0 Å². The highest BCUT2D eigenvalue weighted by atomic mass is 16.4. The summed E-state index contributed by atoms with van der Waals surface area (Å²) in [7, 11) is 0. The second-order valence-electron chi connectivity index (χ2n) is 3.09. The van der Waals surface area contributed by atoms with Crippen LogP contribution in [0.25, 0.3) is 0 Å². The van der Waals surface area contributed by atoms with Gasteiger partial charge in [0.15, 0.2) is 0 Å². The topological polar surface area (TPSA) is 37.3 Å². The first-order valence-corrected chi connectivity index (χ1v) is 5.12. The fraction of sp³-hybridized carbons (Fsp3) is 0.583. The Morgan fingerprint density at radius 1 is 1.29 bits per heavy atom. The highest BCUT2D eigenvalue weighted by Gasteiger charge is 1.83. The summed E-state index contributed by atoms with van der Waals surface area (Å²) >= 11 is 0. The molecule has 1 N–H and O–H groups in total. The van der Waals surface area contributed by atoms with Crippen LogP contribution in [-0.4, -0.2) is 11.1 Å². The van der Waals surface area contributed by atoms with E-state index in [2.05, 4.69) is 18.8 Å². The number of unbranched alkanes of at least 4 members (excludes halogenated alkanes) is 4. The van der Waals surface area contributed by atoms with E-state index in [1.807, 2.05) is 0 Å². The van der Waals surface area contributed by atoms with Gasteiger partial charge in [-0.05, 0) is 12.8 Å². The molecule has 2 nitrogen and oxygen atoms in total. The zero-order chi connectivity index (χ0) is 10.6. The van der Waals surface area contributed by atoms with Gasteiger partial charge >= 0.3 is 5.97 Å². The average molecular weight is 194 g/mol. The molecule has 0 aliphatic carbocycles. The van der Waals surface area contributed by atoms with Crippen LogP contribution in [0.15, 0.2) is 12.2 Å². The van der Waals surface area contributed by atoms with Gasteiger partial charge in [-0.2, -0.15) is 0 Å². The lowest BCUT2D eigenvalue weighted by atomic mass is 10.2. The summed E-state index contributed by atoms with van der Waals surface area (Å²) in [5.41, 5.74) is 0. The molecule has 78 valence electrons. The van der Waals surface area contributed by atoms with Gasteiger partial charge < -0.3 is 5.11 Å². The zero-order valence-corrected chi connectivity index (χ0v) is 8.75. The number of carboxylic acid groups (broad SMARTS) is 1. The van der Waals surface area contributed by atoms with Crippen molar-refractivity contribution in [2.45, 2.75) is 45.4 Å². The van der Waals surface area contributed by atoms with Gasteiger partial charge in [0.2, 0.25) is 0 Å². The first-order valence-electron chi connectivity index (χ1n) is 5.12. The van der Waals surface area contributed by atoms with Crippen LogP contribution >= 0.6 is 0 Å². The first kappa shape index (κ1) is 12.8. The second kappa shape index (κ2) is 9.85. The van der Waals surface area contributed by atoms with Crippen molar-refractivity contribution in [3.63, 3.8) is 0 Å². The van der Waals surface area contributed by atoms with E-state index < -0.39 is 5.97 Å². The van der Waals surface area contributed by atoms with E-state index in [0.717, 1.165) is 19.3 Å². The largest absolute Gasteiger partial charge is 0.478 e. The van der Waals surface area contributed by atoms with E-state index >= 15 is 0 Å². The second-order valence-corrected chi connectivity index (χ2v) is 3.09. The molecule has 0 rings (SSSR count). The predicted octanol–water partition coefficient (Wildman–Crippen LogP) is 2.99. The molecule has 0 aromatic heterocycles. The highest BCUT2D eigenvalue weighted by molar-refractivity contribution is 5.79. The molecule has 0 fully saturated rings. The molecule has 0 aromatic carbocycles. The van der Waals surface area contributed by atoms with Gasteiger partial charge in [0.05, 0.1) is 0 Å². The summed E-state index contributed by atoms with van der Waals surface area (Å²) < 4.78 is 0. The SMILES string of the molecule is CCCCCC#CCC/C=C/C(=O)O. The van der Waals surface area contributed by atoms with Crippen molar-refractivity contribution >= 4 is 5.97 Å². The number of hydrogen-bond acceptors (Lipinski definition) is 1. The molecule has 0 aromatic rings. The molecule has 0 atom stereocenters. The monoisotopic (exact) mass is 194 g/mol. The van der Waals surface area contributed by atoms with Gasteiger partial charge in [0, 0.05) is 18.9 Å². The molecule has 0 amide bonds. The summed E-state index contributed by atoms with van der Waals surface area (Å²) in [6.07, 6.45) is 8.91. The smallest absolute Gasteiger partial charge is 0.327 e. The Morgan fingerprint density at radius 2 is 2.00 bits per heavy atom. The molecular weight excluding hydrogens is 176 g/mol. The van der Waals surface area contributed by atoms with Crippen LogP contribution in [0, 0.1) is 11.8 Å². The van der Waals surface area contributed by atoms with E-state index in [1.165, 1.54) is 25.3 Å². The maximum atomic E-state index is 10.1. The minimum atomic E-state index is -0.888. The molecule has 0 aliphatic rings. The van der Waals surface area contributed by atoms with Crippen LogP contribution < -0.4 is 0 Å². The van der Waals surface area contributed by atoms with Crippen LogP contribution in [0.2, 0.25) is 0 Å². The Hall–Kier alpha value is -1.23. The molecule has 14 heavy (non-hydrogen) atoms. The third-order valence-electron chi connectivity index (χ3n) is 1.73. The maximum absolute atomic E-state index is 10.1. The lowest BCUT2D eigenvalue weighted by molar-refractivity contribution is -0.131. The third kappa shape index (κ3) is 10.8.